The van der Waals surface area contributed by atoms with Gasteiger partial charge >= 0.3 is 0 Å². The molecule has 1 nitrogen and oxygen atoms in total. The average Bonchev–Trinajstić information content (AvgIpc) is 3.95. The van der Waals surface area contributed by atoms with Gasteiger partial charge in [0, 0.05) is 33.3 Å². The minimum absolute atomic E-state index is 0.00113. The summed E-state index contributed by atoms with van der Waals surface area (Å²) in [7, 11) is 0. The van der Waals surface area contributed by atoms with E-state index in [-0.39, 0.29) is 16.2 Å². The first-order valence-corrected chi connectivity index (χ1v) is 28.5. The van der Waals surface area contributed by atoms with Crippen molar-refractivity contribution in [2.75, 3.05) is 4.90 Å². The molecule has 0 spiro atoms. The van der Waals surface area contributed by atoms with E-state index < -0.39 is 0 Å². The quantitative estimate of drug-likeness (QED) is 0.0655. The van der Waals surface area contributed by atoms with Crippen molar-refractivity contribution in [3.63, 3.8) is 0 Å². The molecule has 0 aromatic heterocycles. The zero-order chi connectivity index (χ0) is 49.2. The third-order valence-corrected chi connectivity index (χ3v) is 17.7. The van der Waals surface area contributed by atoms with Gasteiger partial charge in [-0.05, 0) is 166 Å². The largest absolute Gasteiger partial charge is 0.310 e. The lowest BCUT2D eigenvalue weighted by Crippen LogP contribution is -2.27. The minimum atomic E-state index is -0.0663. The van der Waals surface area contributed by atoms with E-state index in [0.29, 0.717) is 0 Å². The van der Waals surface area contributed by atoms with E-state index in [1.807, 2.05) is 0 Å². The number of hydrogen-bond donors (Lipinski definition) is 0. The lowest BCUT2D eigenvalue weighted by atomic mass is 9.70. The maximum Gasteiger partial charge on any atom is 0.0465 e. The number of aryl methyl sites for hydroxylation is 1. The Kier molecular flexibility index (Phi) is 14.4. The van der Waals surface area contributed by atoms with Crippen molar-refractivity contribution in [2.45, 2.75) is 180 Å². The summed E-state index contributed by atoms with van der Waals surface area (Å²) in [5.41, 5.74) is 25.6. The predicted molar refractivity (Wildman–Crippen MR) is 307 cm³/mol. The Labute approximate surface area is 429 Å². The van der Waals surface area contributed by atoms with Crippen LogP contribution < -0.4 is 4.90 Å². The number of fused-ring (bicyclic) bond motifs is 9. The van der Waals surface area contributed by atoms with Gasteiger partial charge in [-0.3, -0.25) is 0 Å². The molecular weight excluding hydrogens is 855 g/mol. The normalized spacial score (nSPS) is 14.9. The number of benzene rings is 7. The monoisotopic (exact) mass is 936 g/mol. The van der Waals surface area contributed by atoms with Gasteiger partial charge in [-0.15, -0.1) is 0 Å². The molecule has 0 amide bonds. The molecule has 0 saturated carbocycles. The number of nitrogens with zero attached hydrogens (tertiary/aromatic N) is 1. The topological polar surface area (TPSA) is 3.24 Å². The molecule has 0 fully saturated rings. The molecule has 366 valence electrons. The van der Waals surface area contributed by atoms with Gasteiger partial charge in [-0.1, -0.05) is 227 Å². The summed E-state index contributed by atoms with van der Waals surface area (Å²) < 4.78 is 0. The van der Waals surface area contributed by atoms with Crippen LogP contribution in [0, 0.1) is 6.92 Å². The summed E-state index contributed by atoms with van der Waals surface area (Å²) in [6.45, 7) is 16.4. The molecule has 10 rings (SSSR count). The maximum absolute atomic E-state index is 2.70. The van der Waals surface area contributed by atoms with Crippen LogP contribution in [0.15, 0.2) is 146 Å². The molecule has 3 aliphatic rings. The van der Waals surface area contributed by atoms with Crippen LogP contribution in [-0.2, 0) is 16.2 Å². The minimum Gasteiger partial charge on any atom is -0.310 e. The second kappa shape index (κ2) is 20.8. The van der Waals surface area contributed by atoms with Crippen molar-refractivity contribution < 1.29 is 0 Å². The Morgan fingerprint density at radius 1 is 0.296 bits per heavy atom. The van der Waals surface area contributed by atoms with Crippen molar-refractivity contribution in [3.05, 3.63) is 185 Å². The molecule has 0 radical (unpaired) electrons. The van der Waals surface area contributed by atoms with Crippen LogP contribution in [0.3, 0.4) is 0 Å². The molecule has 7 aromatic carbocycles. The zero-order valence-electron chi connectivity index (χ0n) is 44.5. The van der Waals surface area contributed by atoms with Crippen LogP contribution in [0.1, 0.15) is 196 Å². The predicted octanol–water partition coefficient (Wildman–Crippen LogP) is 21.1. The van der Waals surface area contributed by atoms with Gasteiger partial charge in [-0.2, -0.15) is 0 Å². The summed E-state index contributed by atoms with van der Waals surface area (Å²) in [6, 6.07) is 58.5. The standard InChI is InChI=1S/C70H81N/c1-8-14-40-68(41-15-9-2)62-26-22-20-24-56(62)59-37-33-53(47-65(59)68)71(54-34-38-60-57-25-21-23-27-63(57)69(42-16-10-3,43-17-11-4)66(60)48-54)55-35-39-61-58-36-32-52(51-30-28-50(7)29-31-51)46-64(58)70(44-18-12-5,45-19-13-6)67(61)49-55/h20-39,46-49H,8-19,40-45H2,1-7H3. The van der Waals surface area contributed by atoms with Crippen LogP contribution >= 0.6 is 0 Å². The first-order chi connectivity index (χ1) is 34.8. The van der Waals surface area contributed by atoms with Crippen LogP contribution in [0.4, 0.5) is 17.1 Å². The van der Waals surface area contributed by atoms with Gasteiger partial charge in [0.1, 0.15) is 0 Å². The smallest absolute Gasteiger partial charge is 0.0465 e. The van der Waals surface area contributed by atoms with Crippen molar-refractivity contribution in [1.29, 1.82) is 0 Å². The molecule has 0 heterocycles. The van der Waals surface area contributed by atoms with Gasteiger partial charge in [0.15, 0.2) is 0 Å². The Bertz CT molecular complexity index is 2840. The van der Waals surface area contributed by atoms with E-state index in [1.165, 1.54) is 192 Å². The van der Waals surface area contributed by atoms with Crippen molar-refractivity contribution in [1.82, 2.24) is 0 Å². The van der Waals surface area contributed by atoms with Crippen LogP contribution in [0.25, 0.3) is 44.5 Å². The highest BCUT2D eigenvalue weighted by Crippen LogP contribution is 2.60. The molecule has 0 saturated heterocycles. The first-order valence-electron chi connectivity index (χ1n) is 28.5. The fourth-order valence-corrected chi connectivity index (χ4v) is 14.0. The molecule has 0 bridgehead atoms. The highest BCUT2D eigenvalue weighted by atomic mass is 15.1. The van der Waals surface area contributed by atoms with E-state index >= 15 is 0 Å². The number of anilines is 3. The van der Waals surface area contributed by atoms with Crippen molar-refractivity contribution >= 4 is 17.1 Å². The van der Waals surface area contributed by atoms with E-state index in [1.54, 1.807) is 11.1 Å². The molecular formula is C70H81N. The fraction of sp³-hybridized carbons (Fsp3) is 0.400. The van der Waals surface area contributed by atoms with Gasteiger partial charge in [0.2, 0.25) is 0 Å². The van der Waals surface area contributed by atoms with Gasteiger partial charge in [-0.25, -0.2) is 0 Å². The highest BCUT2D eigenvalue weighted by molar-refractivity contribution is 5.91. The molecule has 1 heteroatoms. The number of hydrogen-bond acceptors (Lipinski definition) is 1. The number of rotatable bonds is 22. The van der Waals surface area contributed by atoms with E-state index in [4.69, 9.17) is 0 Å². The molecule has 7 aromatic rings. The molecule has 71 heavy (non-hydrogen) atoms. The lowest BCUT2D eigenvalue weighted by molar-refractivity contribution is 0.414. The summed E-state index contributed by atoms with van der Waals surface area (Å²) >= 11 is 0. The van der Waals surface area contributed by atoms with Gasteiger partial charge in [0.25, 0.3) is 0 Å². The lowest BCUT2D eigenvalue weighted by Gasteiger charge is -2.36. The summed E-state index contributed by atoms with van der Waals surface area (Å²) in [5.74, 6) is 0. The van der Waals surface area contributed by atoms with Crippen LogP contribution in [0.2, 0.25) is 0 Å². The highest BCUT2D eigenvalue weighted by Gasteiger charge is 2.46. The van der Waals surface area contributed by atoms with Gasteiger partial charge in [0.05, 0.1) is 0 Å². The summed E-state index contributed by atoms with van der Waals surface area (Å²) in [5, 5.41) is 0. The second-order valence-corrected chi connectivity index (χ2v) is 22.1. The molecule has 0 N–H and O–H groups in total. The SMILES string of the molecule is CCCCC1(CCCC)c2ccccc2-c2ccc(N(c3ccc4c(c3)C(CCCC)(CCCC)c3ccccc3-4)c3ccc4c(c3)C(CCCC)(CCCC)c3cc(-c5ccc(C)cc5)ccc3-4)cc21. The first kappa shape index (κ1) is 48.9. The molecule has 0 atom stereocenters. The Morgan fingerprint density at radius 2 is 0.592 bits per heavy atom. The van der Waals surface area contributed by atoms with Crippen LogP contribution in [0.5, 0.6) is 0 Å². The van der Waals surface area contributed by atoms with E-state index in [9.17, 15) is 0 Å². The third kappa shape index (κ3) is 8.42. The van der Waals surface area contributed by atoms with Crippen molar-refractivity contribution in [2.24, 2.45) is 0 Å². The molecule has 3 aliphatic carbocycles. The van der Waals surface area contributed by atoms with E-state index in [2.05, 4.69) is 199 Å². The molecule has 0 aliphatic heterocycles. The number of unbranched alkanes of at least 4 members (excludes halogenated alkanes) is 6. The summed E-state index contributed by atoms with van der Waals surface area (Å²) in [6.07, 6.45) is 21.6. The van der Waals surface area contributed by atoms with Crippen LogP contribution in [-0.4, -0.2) is 0 Å². The van der Waals surface area contributed by atoms with E-state index in [0.717, 1.165) is 12.8 Å². The zero-order valence-corrected chi connectivity index (χ0v) is 44.5. The maximum atomic E-state index is 2.70. The van der Waals surface area contributed by atoms with Gasteiger partial charge < -0.3 is 4.90 Å². The fourth-order valence-electron chi connectivity index (χ4n) is 14.0. The Morgan fingerprint density at radius 3 is 0.958 bits per heavy atom. The second-order valence-electron chi connectivity index (χ2n) is 22.1. The Hall–Kier alpha value is -5.66. The summed E-state index contributed by atoms with van der Waals surface area (Å²) in [4.78, 5) is 2.70. The third-order valence-electron chi connectivity index (χ3n) is 17.7. The average molecular weight is 936 g/mol. The molecule has 0 unspecified atom stereocenters. The Balaban J connectivity index is 1.21. The van der Waals surface area contributed by atoms with Crippen molar-refractivity contribution in [3.8, 4) is 44.5 Å².